The normalized spacial score (nSPS) is 15.8. The predicted octanol–water partition coefficient (Wildman–Crippen LogP) is 3.32. The van der Waals surface area contributed by atoms with Crippen molar-refractivity contribution in [2.45, 2.75) is 32.2 Å². The van der Waals surface area contributed by atoms with Gasteiger partial charge in [-0.15, -0.1) is 0 Å². The highest BCUT2D eigenvalue weighted by Gasteiger charge is 2.15. The Morgan fingerprint density at radius 3 is 2.52 bits per heavy atom. The number of aryl methyl sites for hydroxylation is 2. The second-order valence-corrected chi connectivity index (χ2v) is 5.71. The van der Waals surface area contributed by atoms with E-state index in [1.54, 1.807) is 0 Å². The molecule has 0 saturated carbocycles. The lowest BCUT2D eigenvalue weighted by atomic mass is 9.95. The highest BCUT2D eigenvalue weighted by molar-refractivity contribution is 5.92. The highest BCUT2D eigenvalue weighted by Crippen LogP contribution is 2.27. The van der Waals surface area contributed by atoms with Crippen LogP contribution in [-0.2, 0) is 11.2 Å². The molecule has 21 heavy (non-hydrogen) atoms. The topological polar surface area (TPSA) is 55.1 Å². The van der Waals surface area contributed by atoms with Crippen LogP contribution in [0.25, 0.3) is 0 Å². The number of rotatable bonds is 2. The number of benzene rings is 2. The number of fused-ring (bicyclic) bond motifs is 1. The molecule has 0 spiro atoms. The molecule has 0 radical (unpaired) electrons. The summed E-state index contributed by atoms with van der Waals surface area (Å²) >= 11 is 0. The molecule has 2 aromatic carbocycles. The molecule has 3 heteroatoms. The van der Waals surface area contributed by atoms with Crippen molar-refractivity contribution in [3.05, 3.63) is 64.7 Å². The lowest BCUT2D eigenvalue weighted by Crippen LogP contribution is -2.13. The van der Waals surface area contributed by atoms with Crippen molar-refractivity contribution in [3.8, 4) is 0 Å². The van der Waals surface area contributed by atoms with Crippen molar-refractivity contribution in [1.82, 2.24) is 0 Å². The zero-order valence-electron chi connectivity index (χ0n) is 12.2. The van der Waals surface area contributed by atoms with E-state index in [1.165, 1.54) is 11.1 Å². The lowest BCUT2D eigenvalue weighted by molar-refractivity contribution is -0.116. The van der Waals surface area contributed by atoms with E-state index in [9.17, 15) is 4.79 Å². The van der Waals surface area contributed by atoms with Crippen molar-refractivity contribution >= 4 is 11.6 Å². The number of hydrogen-bond donors (Lipinski definition) is 2. The van der Waals surface area contributed by atoms with Crippen LogP contribution in [0.2, 0.25) is 0 Å². The zero-order valence-corrected chi connectivity index (χ0v) is 12.2. The summed E-state index contributed by atoms with van der Waals surface area (Å²) in [5, 5.41) is 2.96. The van der Waals surface area contributed by atoms with Crippen LogP contribution in [0.3, 0.4) is 0 Å². The molecule has 3 rings (SSSR count). The highest BCUT2D eigenvalue weighted by atomic mass is 16.1. The Kier molecular flexibility index (Phi) is 3.76. The SMILES string of the molecule is Cc1ccc(C(N)c2ccc3c(c2)CCCC(=O)N3)cc1. The average Bonchev–Trinajstić information content (AvgIpc) is 2.67. The fourth-order valence-corrected chi connectivity index (χ4v) is 2.75. The summed E-state index contributed by atoms with van der Waals surface area (Å²) in [6, 6.07) is 14.3. The fraction of sp³-hybridized carbons (Fsp3) is 0.278. The Morgan fingerprint density at radius 2 is 1.76 bits per heavy atom. The van der Waals surface area contributed by atoms with Gasteiger partial charge in [-0.25, -0.2) is 0 Å². The molecule has 1 aliphatic rings. The smallest absolute Gasteiger partial charge is 0.224 e. The van der Waals surface area contributed by atoms with Gasteiger partial charge in [0.15, 0.2) is 0 Å². The number of hydrogen-bond acceptors (Lipinski definition) is 2. The van der Waals surface area contributed by atoms with Crippen molar-refractivity contribution < 1.29 is 4.79 Å². The molecule has 3 nitrogen and oxygen atoms in total. The molecule has 1 atom stereocenters. The zero-order chi connectivity index (χ0) is 14.8. The minimum absolute atomic E-state index is 0.101. The molecule has 0 bridgehead atoms. The van der Waals surface area contributed by atoms with Crippen LogP contribution in [0.5, 0.6) is 0 Å². The van der Waals surface area contributed by atoms with Crippen molar-refractivity contribution in [3.63, 3.8) is 0 Å². The Bertz CT molecular complexity index is 661. The second-order valence-electron chi connectivity index (χ2n) is 5.71. The van der Waals surface area contributed by atoms with Gasteiger partial charge < -0.3 is 11.1 Å². The molecule has 1 heterocycles. The first-order chi connectivity index (χ1) is 10.1. The molecule has 1 unspecified atom stereocenters. The Morgan fingerprint density at radius 1 is 1.05 bits per heavy atom. The summed E-state index contributed by atoms with van der Waals surface area (Å²) in [5.41, 5.74) is 11.9. The van der Waals surface area contributed by atoms with Crippen LogP contribution in [-0.4, -0.2) is 5.91 Å². The van der Waals surface area contributed by atoms with Gasteiger partial charge in [-0.3, -0.25) is 4.79 Å². The van der Waals surface area contributed by atoms with Crippen molar-refractivity contribution in [2.75, 3.05) is 5.32 Å². The van der Waals surface area contributed by atoms with Crippen LogP contribution in [0, 0.1) is 6.92 Å². The largest absolute Gasteiger partial charge is 0.326 e. The molecule has 0 saturated heterocycles. The maximum atomic E-state index is 11.6. The first kappa shape index (κ1) is 13.8. The molecule has 0 aliphatic carbocycles. The Labute approximate surface area is 125 Å². The van der Waals surface area contributed by atoms with Crippen LogP contribution in [0.1, 0.15) is 41.1 Å². The van der Waals surface area contributed by atoms with E-state index >= 15 is 0 Å². The van der Waals surface area contributed by atoms with Gasteiger partial charge in [0.1, 0.15) is 0 Å². The van der Waals surface area contributed by atoms with Gasteiger partial charge in [0.05, 0.1) is 6.04 Å². The van der Waals surface area contributed by atoms with E-state index in [4.69, 9.17) is 5.73 Å². The first-order valence-electron chi connectivity index (χ1n) is 7.38. The summed E-state index contributed by atoms with van der Waals surface area (Å²) in [7, 11) is 0. The minimum atomic E-state index is -0.130. The summed E-state index contributed by atoms with van der Waals surface area (Å²) < 4.78 is 0. The molecule has 2 aromatic rings. The van der Waals surface area contributed by atoms with Crippen molar-refractivity contribution in [1.29, 1.82) is 0 Å². The van der Waals surface area contributed by atoms with Gasteiger partial charge in [0.2, 0.25) is 5.91 Å². The third-order valence-electron chi connectivity index (χ3n) is 4.05. The van der Waals surface area contributed by atoms with Crippen LogP contribution >= 0.6 is 0 Å². The van der Waals surface area contributed by atoms with Gasteiger partial charge >= 0.3 is 0 Å². The lowest BCUT2D eigenvalue weighted by Gasteiger charge is -2.16. The van der Waals surface area contributed by atoms with Gasteiger partial charge in [-0.2, -0.15) is 0 Å². The average molecular weight is 280 g/mol. The van der Waals surface area contributed by atoms with E-state index in [1.807, 2.05) is 12.1 Å². The van der Waals surface area contributed by atoms with Crippen LogP contribution < -0.4 is 11.1 Å². The first-order valence-corrected chi connectivity index (χ1v) is 7.38. The van der Waals surface area contributed by atoms with E-state index in [-0.39, 0.29) is 11.9 Å². The van der Waals surface area contributed by atoms with Gasteiger partial charge in [0.25, 0.3) is 0 Å². The molecule has 1 amide bonds. The number of nitrogens with one attached hydrogen (secondary N) is 1. The van der Waals surface area contributed by atoms with Crippen LogP contribution in [0.4, 0.5) is 5.69 Å². The molecule has 1 aliphatic heterocycles. The van der Waals surface area contributed by atoms with Crippen LogP contribution in [0.15, 0.2) is 42.5 Å². The summed E-state index contributed by atoms with van der Waals surface area (Å²) in [6.45, 7) is 2.07. The number of carbonyl (C=O) groups is 1. The van der Waals surface area contributed by atoms with Gasteiger partial charge in [-0.1, -0.05) is 42.0 Å². The number of anilines is 1. The van der Waals surface area contributed by atoms with E-state index in [2.05, 4.69) is 42.6 Å². The second kappa shape index (κ2) is 5.70. The minimum Gasteiger partial charge on any atom is -0.326 e. The molecule has 108 valence electrons. The standard InChI is InChI=1S/C18H20N2O/c1-12-5-7-13(8-6-12)18(19)15-9-10-16-14(11-15)3-2-4-17(21)20-16/h5-11,18H,2-4,19H2,1H3,(H,20,21). The predicted molar refractivity (Wildman–Crippen MR) is 85.2 cm³/mol. The molecular weight excluding hydrogens is 260 g/mol. The molecule has 0 aromatic heterocycles. The van der Waals surface area contributed by atoms with Gasteiger partial charge in [0, 0.05) is 12.1 Å². The summed E-state index contributed by atoms with van der Waals surface area (Å²) in [6.07, 6.45) is 2.40. The maximum Gasteiger partial charge on any atom is 0.224 e. The summed E-state index contributed by atoms with van der Waals surface area (Å²) in [5.74, 6) is 0.101. The molecular formula is C18H20N2O. The number of amides is 1. The molecule has 0 fully saturated rings. The summed E-state index contributed by atoms with van der Waals surface area (Å²) in [4.78, 5) is 11.6. The quantitative estimate of drug-likeness (QED) is 0.886. The number of carbonyl (C=O) groups excluding carboxylic acids is 1. The van der Waals surface area contributed by atoms with Gasteiger partial charge in [-0.05, 0) is 42.5 Å². The maximum absolute atomic E-state index is 11.6. The van der Waals surface area contributed by atoms with E-state index in [0.29, 0.717) is 6.42 Å². The monoisotopic (exact) mass is 280 g/mol. The number of nitrogens with two attached hydrogens (primary N) is 1. The third kappa shape index (κ3) is 2.98. The van der Waals surface area contributed by atoms with E-state index in [0.717, 1.165) is 29.7 Å². The fourth-order valence-electron chi connectivity index (χ4n) is 2.75. The Hall–Kier alpha value is -2.13. The third-order valence-corrected chi connectivity index (χ3v) is 4.05. The van der Waals surface area contributed by atoms with Crippen molar-refractivity contribution in [2.24, 2.45) is 5.73 Å². The van der Waals surface area contributed by atoms with E-state index < -0.39 is 0 Å². The molecule has 3 N–H and O–H groups in total. The Balaban J connectivity index is 1.91.